The molecule has 0 spiro atoms. The zero-order valence-electron chi connectivity index (χ0n) is 15.4. The summed E-state index contributed by atoms with van der Waals surface area (Å²) in [6.07, 6.45) is 7.42. The summed E-state index contributed by atoms with van der Waals surface area (Å²) in [5.41, 5.74) is 6.56. The van der Waals surface area contributed by atoms with E-state index in [2.05, 4.69) is 53.8 Å². The Morgan fingerprint density at radius 1 is 1.00 bits per heavy atom. The van der Waals surface area contributed by atoms with Crippen molar-refractivity contribution in [3.8, 4) is 33.2 Å². The van der Waals surface area contributed by atoms with Crippen molar-refractivity contribution in [3.63, 3.8) is 0 Å². The fourth-order valence-corrected chi connectivity index (χ4v) is 4.36. The second kappa shape index (κ2) is 6.11. The molecule has 0 bridgehead atoms. The van der Waals surface area contributed by atoms with E-state index in [0.717, 1.165) is 55.0 Å². The Labute approximate surface area is 169 Å². The number of rotatable bonds is 3. The predicted molar refractivity (Wildman–Crippen MR) is 114 cm³/mol. The van der Waals surface area contributed by atoms with Gasteiger partial charge in [-0.25, -0.2) is 0 Å². The molecular weight excluding hydrogens is 382 g/mol. The Morgan fingerprint density at radius 3 is 2.76 bits per heavy atom. The lowest BCUT2D eigenvalue weighted by molar-refractivity contribution is 0.768. The predicted octanol–water partition coefficient (Wildman–Crippen LogP) is 4.63. The van der Waals surface area contributed by atoms with E-state index in [-0.39, 0.29) is 0 Å². The normalized spacial score (nSPS) is 11.6. The molecule has 0 amide bonds. The monoisotopic (exact) mass is 397 g/mol. The van der Waals surface area contributed by atoms with Crippen molar-refractivity contribution in [2.45, 2.75) is 0 Å². The summed E-state index contributed by atoms with van der Waals surface area (Å²) < 4.78 is 1.77. The molecule has 8 heteroatoms. The van der Waals surface area contributed by atoms with Crippen LogP contribution in [0.1, 0.15) is 0 Å². The molecule has 0 aliphatic heterocycles. The molecule has 0 aliphatic carbocycles. The third-order valence-electron chi connectivity index (χ3n) is 5.01. The first-order chi connectivity index (χ1) is 14.3. The van der Waals surface area contributed by atoms with Gasteiger partial charge in [0.25, 0.3) is 0 Å². The summed E-state index contributed by atoms with van der Waals surface area (Å²) in [5.74, 6) is 0. The van der Waals surface area contributed by atoms with E-state index < -0.39 is 0 Å². The van der Waals surface area contributed by atoms with Crippen LogP contribution in [0, 0.1) is 0 Å². The standard InChI is InChI=1S/C21H15N7S/c1-28-11-12(9-24-28)16-7-14-18(10-23-16)26-27-20(14)17-8-13-15(25-17)4-5-22-21(13)19-3-2-6-29-19/h2-11,25H,1H3,(H,26,27). The highest BCUT2D eigenvalue weighted by Crippen LogP contribution is 2.34. The number of aromatic nitrogens is 7. The first-order valence-electron chi connectivity index (χ1n) is 9.11. The first-order valence-corrected chi connectivity index (χ1v) is 9.99. The van der Waals surface area contributed by atoms with Crippen molar-refractivity contribution < 1.29 is 0 Å². The van der Waals surface area contributed by atoms with Crippen LogP contribution in [0.25, 0.3) is 55.0 Å². The average molecular weight is 397 g/mol. The number of nitrogens with one attached hydrogen (secondary N) is 2. The SMILES string of the molecule is Cn1cc(-c2cc3c(-c4cc5c(-c6cccs6)nccc5[nH]4)n[nH]c3cn2)cn1. The lowest BCUT2D eigenvalue weighted by atomic mass is 10.1. The van der Waals surface area contributed by atoms with E-state index in [1.165, 1.54) is 0 Å². The van der Waals surface area contributed by atoms with Crippen molar-refractivity contribution in [3.05, 3.63) is 60.5 Å². The van der Waals surface area contributed by atoms with E-state index in [0.29, 0.717) is 0 Å². The van der Waals surface area contributed by atoms with Crippen LogP contribution in [-0.2, 0) is 7.05 Å². The summed E-state index contributed by atoms with van der Waals surface area (Å²) >= 11 is 1.69. The fraction of sp³-hybridized carbons (Fsp3) is 0.0476. The lowest BCUT2D eigenvalue weighted by Crippen LogP contribution is -1.85. The molecule has 0 aliphatic rings. The minimum atomic E-state index is 0.862. The molecule has 6 aromatic rings. The maximum Gasteiger partial charge on any atom is 0.116 e. The number of thiophene rings is 1. The highest BCUT2D eigenvalue weighted by Gasteiger charge is 2.15. The highest BCUT2D eigenvalue weighted by atomic mass is 32.1. The van der Waals surface area contributed by atoms with Gasteiger partial charge >= 0.3 is 0 Å². The molecule has 7 nitrogen and oxygen atoms in total. The summed E-state index contributed by atoms with van der Waals surface area (Å²) in [5, 5.41) is 16.1. The topological polar surface area (TPSA) is 88.1 Å². The molecule has 0 aromatic carbocycles. The van der Waals surface area contributed by atoms with Gasteiger partial charge in [-0.1, -0.05) is 6.07 Å². The summed E-state index contributed by atoms with van der Waals surface area (Å²) in [7, 11) is 1.90. The maximum atomic E-state index is 4.61. The van der Waals surface area contributed by atoms with Crippen LogP contribution in [0.3, 0.4) is 0 Å². The third-order valence-corrected chi connectivity index (χ3v) is 5.88. The molecule has 0 radical (unpaired) electrons. The Kier molecular flexibility index (Phi) is 3.41. The molecule has 6 heterocycles. The quantitative estimate of drug-likeness (QED) is 0.456. The minimum Gasteiger partial charge on any atom is -0.353 e. The molecule has 140 valence electrons. The van der Waals surface area contributed by atoms with Gasteiger partial charge in [0.15, 0.2) is 0 Å². The van der Waals surface area contributed by atoms with Crippen molar-refractivity contribution >= 4 is 33.1 Å². The molecule has 29 heavy (non-hydrogen) atoms. The van der Waals surface area contributed by atoms with Crippen molar-refractivity contribution in [1.29, 1.82) is 0 Å². The Morgan fingerprint density at radius 2 is 1.93 bits per heavy atom. The molecular formula is C21H15N7S. The second-order valence-electron chi connectivity index (χ2n) is 6.87. The molecule has 0 atom stereocenters. The van der Waals surface area contributed by atoms with Crippen molar-refractivity contribution in [1.82, 2.24) is 34.9 Å². The Balaban J connectivity index is 1.53. The molecule has 0 fully saturated rings. The number of fused-ring (bicyclic) bond motifs is 2. The van der Waals surface area contributed by atoms with E-state index in [9.17, 15) is 0 Å². The summed E-state index contributed by atoms with van der Waals surface area (Å²) in [4.78, 5) is 13.8. The molecule has 0 unspecified atom stereocenters. The summed E-state index contributed by atoms with van der Waals surface area (Å²) in [6.45, 7) is 0. The molecule has 6 rings (SSSR count). The number of hydrogen-bond donors (Lipinski definition) is 2. The van der Waals surface area contributed by atoms with Crippen LogP contribution in [0.2, 0.25) is 0 Å². The molecule has 0 saturated carbocycles. The fourth-order valence-electron chi connectivity index (χ4n) is 3.62. The zero-order valence-corrected chi connectivity index (χ0v) is 16.2. The van der Waals surface area contributed by atoms with E-state index in [4.69, 9.17) is 0 Å². The molecule has 2 N–H and O–H groups in total. The second-order valence-corrected chi connectivity index (χ2v) is 7.82. The number of H-pyrrole nitrogens is 2. The van der Waals surface area contributed by atoms with Gasteiger partial charge < -0.3 is 4.98 Å². The number of aryl methyl sites for hydroxylation is 1. The molecule has 0 saturated heterocycles. The Bertz CT molecular complexity index is 1470. The van der Waals surface area contributed by atoms with Crippen LogP contribution < -0.4 is 0 Å². The highest BCUT2D eigenvalue weighted by molar-refractivity contribution is 7.13. The van der Waals surface area contributed by atoms with Gasteiger partial charge in [-0.15, -0.1) is 11.3 Å². The van der Waals surface area contributed by atoms with Gasteiger partial charge in [-0.05, 0) is 29.6 Å². The lowest BCUT2D eigenvalue weighted by Gasteiger charge is -1.98. The van der Waals surface area contributed by atoms with E-state index >= 15 is 0 Å². The van der Waals surface area contributed by atoms with E-state index in [1.54, 1.807) is 16.0 Å². The Hall–Kier alpha value is -3.78. The zero-order chi connectivity index (χ0) is 19.4. The van der Waals surface area contributed by atoms with Gasteiger partial charge in [0, 0.05) is 41.3 Å². The maximum absolute atomic E-state index is 4.61. The number of nitrogens with zero attached hydrogens (tertiary/aromatic N) is 5. The van der Waals surface area contributed by atoms with Crippen molar-refractivity contribution in [2.24, 2.45) is 7.05 Å². The smallest absolute Gasteiger partial charge is 0.116 e. The minimum absolute atomic E-state index is 0.862. The van der Waals surface area contributed by atoms with Gasteiger partial charge in [0.2, 0.25) is 0 Å². The average Bonchev–Trinajstić information content (AvgIpc) is 3.51. The molecule has 6 aromatic heterocycles. The van der Waals surface area contributed by atoms with Gasteiger partial charge in [-0.2, -0.15) is 10.2 Å². The van der Waals surface area contributed by atoms with Gasteiger partial charge in [-0.3, -0.25) is 19.7 Å². The largest absolute Gasteiger partial charge is 0.353 e. The van der Waals surface area contributed by atoms with E-state index in [1.807, 2.05) is 44.0 Å². The van der Waals surface area contributed by atoms with Gasteiger partial charge in [0.1, 0.15) is 5.69 Å². The van der Waals surface area contributed by atoms with Crippen molar-refractivity contribution in [2.75, 3.05) is 0 Å². The number of hydrogen-bond acceptors (Lipinski definition) is 5. The summed E-state index contributed by atoms with van der Waals surface area (Å²) in [6, 6.07) is 10.3. The third kappa shape index (κ3) is 2.57. The van der Waals surface area contributed by atoms with Crippen LogP contribution in [0.4, 0.5) is 0 Å². The van der Waals surface area contributed by atoms with Crippen LogP contribution in [0.15, 0.2) is 60.5 Å². The van der Waals surface area contributed by atoms with Crippen LogP contribution >= 0.6 is 11.3 Å². The first kappa shape index (κ1) is 16.2. The van der Waals surface area contributed by atoms with Crippen LogP contribution in [-0.4, -0.2) is 34.9 Å². The number of pyridine rings is 2. The van der Waals surface area contributed by atoms with Gasteiger partial charge in [0.05, 0.1) is 39.9 Å². The number of aromatic amines is 2. The van der Waals surface area contributed by atoms with Crippen LogP contribution in [0.5, 0.6) is 0 Å².